The summed E-state index contributed by atoms with van der Waals surface area (Å²) in [5, 5.41) is 2.33. The number of hydrogen-bond acceptors (Lipinski definition) is 1. The van der Waals surface area contributed by atoms with Crippen molar-refractivity contribution in [3.8, 4) is 11.1 Å². The van der Waals surface area contributed by atoms with Crippen LogP contribution in [0.2, 0.25) is 0 Å². The molecule has 0 fully saturated rings. The maximum Gasteiger partial charge on any atom is 0.139 e. The molecule has 4 rings (SSSR count). The number of hydrogen-bond donors (Lipinski definition) is 0. The first-order valence-electron chi connectivity index (χ1n) is 8.57. The van der Waals surface area contributed by atoms with Gasteiger partial charge in [-0.2, -0.15) is 0 Å². The highest BCUT2D eigenvalue weighted by Crippen LogP contribution is 2.32. The Balaban J connectivity index is 2.01. The van der Waals surface area contributed by atoms with Crippen LogP contribution >= 0.6 is 15.9 Å². The Bertz CT molecular complexity index is 1140. The molecule has 3 aromatic carbocycles. The van der Waals surface area contributed by atoms with E-state index in [2.05, 4.69) is 85.5 Å². The molecule has 0 saturated carbocycles. The molecule has 7 heteroatoms. The SMILES string of the molecule is Bc1c(B)c(B)c(-c2ccc3c(c2)oc2cc(Br)ccc23)c(B)c1B. The van der Waals surface area contributed by atoms with Gasteiger partial charge in [-0.05, 0) is 41.5 Å². The second-order valence-corrected chi connectivity index (χ2v) is 7.87. The lowest BCUT2D eigenvalue weighted by molar-refractivity contribution is 0.669. The third-order valence-electron chi connectivity index (χ3n) is 5.72. The first kappa shape index (κ1) is 16.7. The first-order valence-corrected chi connectivity index (χ1v) is 9.37. The molecule has 0 radical (unpaired) electrons. The van der Waals surface area contributed by atoms with Crippen LogP contribution in [0.25, 0.3) is 33.1 Å². The Hall–Kier alpha value is -1.74. The van der Waals surface area contributed by atoms with Crippen LogP contribution in [0, 0.1) is 0 Å². The lowest BCUT2D eigenvalue weighted by Gasteiger charge is -2.20. The average molecular weight is 382 g/mol. The fourth-order valence-corrected chi connectivity index (χ4v) is 4.18. The van der Waals surface area contributed by atoms with Gasteiger partial charge in [-0.15, -0.1) is 16.4 Å². The molecular formula is C18H16B5BrO. The van der Waals surface area contributed by atoms with Gasteiger partial charge >= 0.3 is 0 Å². The molecule has 0 aliphatic carbocycles. The van der Waals surface area contributed by atoms with E-state index in [1.807, 2.05) is 6.07 Å². The fourth-order valence-electron chi connectivity index (χ4n) is 3.84. The van der Waals surface area contributed by atoms with Gasteiger partial charge in [0, 0.05) is 15.2 Å². The van der Waals surface area contributed by atoms with Gasteiger partial charge in [-0.25, -0.2) is 0 Å². The predicted molar refractivity (Wildman–Crippen MR) is 128 cm³/mol. The van der Waals surface area contributed by atoms with Crippen molar-refractivity contribution < 1.29 is 4.42 Å². The zero-order valence-electron chi connectivity index (χ0n) is 15.3. The monoisotopic (exact) mass is 382 g/mol. The zero-order chi connectivity index (χ0) is 17.9. The van der Waals surface area contributed by atoms with Crippen LogP contribution in [0.4, 0.5) is 0 Å². The van der Waals surface area contributed by atoms with Crippen molar-refractivity contribution in [2.24, 2.45) is 0 Å². The highest BCUT2D eigenvalue weighted by molar-refractivity contribution is 9.10. The van der Waals surface area contributed by atoms with Crippen molar-refractivity contribution in [3.63, 3.8) is 0 Å². The van der Waals surface area contributed by atoms with E-state index < -0.39 is 0 Å². The van der Waals surface area contributed by atoms with Crippen molar-refractivity contribution in [2.75, 3.05) is 0 Å². The smallest absolute Gasteiger partial charge is 0.139 e. The standard InChI is InChI=1S/C18H16B5BrO/c19-14-13(15(20)17(22)18(23)16(14)21)7-1-3-9-10-4-2-8(24)6-12(10)25-11(9)5-7/h1-6H,19-23H2. The van der Waals surface area contributed by atoms with Crippen molar-refractivity contribution in [1.82, 2.24) is 0 Å². The van der Waals surface area contributed by atoms with Gasteiger partial charge < -0.3 is 4.42 Å². The van der Waals surface area contributed by atoms with E-state index in [9.17, 15) is 0 Å². The van der Waals surface area contributed by atoms with Gasteiger partial charge in [0.1, 0.15) is 50.4 Å². The molecule has 25 heavy (non-hydrogen) atoms. The summed E-state index contributed by atoms with van der Waals surface area (Å²) in [7, 11) is 11.1. The second kappa shape index (κ2) is 5.91. The quantitative estimate of drug-likeness (QED) is 0.327. The maximum absolute atomic E-state index is 6.13. The van der Waals surface area contributed by atoms with Crippen molar-refractivity contribution in [3.05, 3.63) is 40.9 Å². The van der Waals surface area contributed by atoms with E-state index in [0.29, 0.717) is 0 Å². The number of fused-ring (bicyclic) bond motifs is 3. The minimum Gasteiger partial charge on any atom is -0.456 e. The number of rotatable bonds is 1. The molecule has 0 saturated heterocycles. The normalized spacial score (nSPS) is 11.4. The summed E-state index contributed by atoms with van der Waals surface area (Å²) >= 11 is 3.52. The molecule has 0 atom stereocenters. The van der Waals surface area contributed by atoms with E-state index in [1.54, 1.807) is 0 Å². The van der Waals surface area contributed by atoms with Crippen molar-refractivity contribution >= 4 is 104 Å². The number of benzene rings is 3. The Morgan fingerprint density at radius 1 is 0.640 bits per heavy atom. The van der Waals surface area contributed by atoms with Crippen LogP contribution in [0.3, 0.4) is 0 Å². The Kier molecular flexibility index (Phi) is 3.95. The lowest BCUT2D eigenvalue weighted by Crippen LogP contribution is -2.55. The largest absolute Gasteiger partial charge is 0.456 e. The van der Waals surface area contributed by atoms with Crippen molar-refractivity contribution in [2.45, 2.75) is 0 Å². The summed E-state index contributed by atoms with van der Waals surface area (Å²) in [6.07, 6.45) is 0. The minimum absolute atomic E-state index is 0.922. The lowest BCUT2D eigenvalue weighted by atomic mass is 9.59. The van der Waals surface area contributed by atoms with Gasteiger partial charge in [-0.3, -0.25) is 0 Å². The van der Waals surface area contributed by atoms with E-state index in [-0.39, 0.29) is 0 Å². The molecule has 1 nitrogen and oxygen atoms in total. The van der Waals surface area contributed by atoms with Gasteiger partial charge in [0.25, 0.3) is 0 Å². The summed E-state index contributed by atoms with van der Waals surface area (Å²) in [5.74, 6) is 0. The summed E-state index contributed by atoms with van der Waals surface area (Å²) < 4.78 is 7.17. The molecule has 0 amide bonds. The highest BCUT2D eigenvalue weighted by atomic mass is 79.9. The fraction of sp³-hybridized carbons (Fsp3) is 0. The molecule has 0 N–H and O–H groups in total. The van der Waals surface area contributed by atoms with Crippen LogP contribution in [0.15, 0.2) is 45.3 Å². The summed E-state index contributed by atoms with van der Waals surface area (Å²) in [4.78, 5) is 0. The Morgan fingerprint density at radius 3 is 1.80 bits per heavy atom. The first-order chi connectivity index (χ1) is 11.9. The molecule has 0 aliphatic heterocycles. The van der Waals surface area contributed by atoms with E-state index in [1.165, 1.54) is 43.8 Å². The predicted octanol–water partition coefficient (Wildman–Crippen LogP) is -2.69. The number of furan rings is 1. The van der Waals surface area contributed by atoms with Gasteiger partial charge in [0.15, 0.2) is 0 Å². The summed E-state index contributed by atoms with van der Waals surface area (Å²) in [6.45, 7) is 0. The molecular weight excluding hydrogens is 366 g/mol. The Labute approximate surface area is 160 Å². The van der Waals surface area contributed by atoms with Crippen LogP contribution < -0.4 is 27.3 Å². The molecule has 1 heterocycles. The van der Waals surface area contributed by atoms with Crippen LogP contribution in [0.5, 0.6) is 0 Å². The highest BCUT2D eigenvalue weighted by Gasteiger charge is 2.15. The molecule has 0 bridgehead atoms. The number of halogens is 1. The Morgan fingerprint density at radius 2 is 1.16 bits per heavy atom. The molecule has 0 aliphatic rings. The molecule has 1 aromatic heterocycles. The van der Waals surface area contributed by atoms with Crippen molar-refractivity contribution in [1.29, 1.82) is 0 Å². The van der Waals surface area contributed by atoms with Crippen LogP contribution in [-0.4, -0.2) is 39.2 Å². The third kappa shape index (κ3) is 2.52. The molecule has 116 valence electrons. The van der Waals surface area contributed by atoms with E-state index >= 15 is 0 Å². The van der Waals surface area contributed by atoms with Gasteiger partial charge in [0.05, 0.1) is 0 Å². The van der Waals surface area contributed by atoms with Gasteiger partial charge in [0.2, 0.25) is 0 Å². The second-order valence-electron chi connectivity index (χ2n) is 6.95. The third-order valence-corrected chi connectivity index (χ3v) is 6.22. The van der Waals surface area contributed by atoms with Crippen LogP contribution in [0.1, 0.15) is 0 Å². The van der Waals surface area contributed by atoms with Gasteiger partial charge in [-0.1, -0.05) is 32.9 Å². The van der Waals surface area contributed by atoms with E-state index in [0.717, 1.165) is 21.0 Å². The zero-order valence-corrected chi connectivity index (χ0v) is 16.8. The van der Waals surface area contributed by atoms with E-state index in [4.69, 9.17) is 4.42 Å². The average Bonchev–Trinajstić information content (AvgIpc) is 2.95. The summed E-state index contributed by atoms with van der Waals surface area (Å²) in [6, 6.07) is 12.8. The molecule has 4 aromatic rings. The van der Waals surface area contributed by atoms with Crippen LogP contribution in [-0.2, 0) is 0 Å². The molecule has 0 unspecified atom stereocenters. The maximum atomic E-state index is 6.13. The summed E-state index contributed by atoms with van der Waals surface area (Å²) in [5.41, 5.74) is 11.3. The topological polar surface area (TPSA) is 13.1 Å². The molecule has 0 spiro atoms. The minimum atomic E-state index is 0.922.